The van der Waals surface area contributed by atoms with E-state index in [1.165, 1.54) is 6.92 Å². The van der Waals surface area contributed by atoms with E-state index in [1.807, 2.05) is 4.98 Å². The first kappa shape index (κ1) is 13.0. The van der Waals surface area contributed by atoms with Gasteiger partial charge in [0.05, 0.1) is 6.61 Å². The summed E-state index contributed by atoms with van der Waals surface area (Å²) in [5.74, 6) is 0. The lowest BCUT2D eigenvalue weighted by Gasteiger charge is -2.27. The summed E-state index contributed by atoms with van der Waals surface area (Å²) >= 11 is 0. The fraction of sp³-hybridized carbons (Fsp3) is 0.600. The smallest absolute Gasteiger partial charge is 0.330 e. The molecular weight excluding hydrogens is 244 g/mol. The minimum atomic E-state index is -1.75. The van der Waals surface area contributed by atoms with Gasteiger partial charge in [-0.3, -0.25) is 14.3 Å². The zero-order valence-corrected chi connectivity index (χ0v) is 9.61. The van der Waals surface area contributed by atoms with Gasteiger partial charge in [0, 0.05) is 12.3 Å². The molecule has 1 aliphatic rings. The van der Waals surface area contributed by atoms with E-state index < -0.39 is 41.9 Å². The summed E-state index contributed by atoms with van der Waals surface area (Å²) in [5, 5.41) is 28.9. The van der Waals surface area contributed by atoms with E-state index in [4.69, 9.17) is 9.84 Å². The summed E-state index contributed by atoms with van der Waals surface area (Å²) in [7, 11) is 0. The van der Waals surface area contributed by atoms with Crippen molar-refractivity contribution in [3.63, 3.8) is 0 Å². The fourth-order valence-electron chi connectivity index (χ4n) is 2.00. The third-order valence-electron chi connectivity index (χ3n) is 3.04. The van der Waals surface area contributed by atoms with Crippen LogP contribution in [0.5, 0.6) is 0 Å². The van der Waals surface area contributed by atoms with Crippen LogP contribution in [0.4, 0.5) is 0 Å². The number of aliphatic hydroxyl groups is 3. The van der Waals surface area contributed by atoms with Crippen molar-refractivity contribution in [2.75, 3.05) is 6.61 Å². The molecule has 0 spiro atoms. The highest BCUT2D eigenvalue weighted by Crippen LogP contribution is 2.36. The first-order valence-corrected chi connectivity index (χ1v) is 5.36. The maximum atomic E-state index is 11.6. The minimum absolute atomic E-state index is 0.494. The van der Waals surface area contributed by atoms with Crippen LogP contribution in [-0.2, 0) is 4.74 Å². The maximum absolute atomic E-state index is 11.6. The summed E-state index contributed by atoms with van der Waals surface area (Å²) in [6, 6.07) is 1.10. The third kappa shape index (κ3) is 1.89. The van der Waals surface area contributed by atoms with E-state index in [0.29, 0.717) is 0 Å². The minimum Gasteiger partial charge on any atom is -0.394 e. The Balaban J connectivity index is 2.45. The Labute approximate surface area is 101 Å². The molecule has 1 aromatic heterocycles. The lowest BCUT2D eigenvalue weighted by Crippen LogP contribution is -2.46. The van der Waals surface area contributed by atoms with E-state index in [2.05, 4.69) is 0 Å². The van der Waals surface area contributed by atoms with Gasteiger partial charge in [-0.1, -0.05) is 0 Å². The monoisotopic (exact) mass is 258 g/mol. The maximum Gasteiger partial charge on any atom is 0.330 e. The van der Waals surface area contributed by atoms with Gasteiger partial charge in [-0.15, -0.1) is 0 Å². The van der Waals surface area contributed by atoms with Gasteiger partial charge in [0.1, 0.15) is 17.8 Å². The molecule has 100 valence electrons. The SMILES string of the molecule is C[C@@]1(O)[C@H](O)[C@@H](CO)O[C@@H]1n1ccc(=O)[nH]c1=O. The van der Waals surface area contributed by atoms with Gasteiger partial charge in [0.15, 0.2) is 6.23 Å². The zero-order valence-electron chi connectivity index (χ0n) is 9.61. The largest absolute Gasteiger partial charge is 0.394 e. The molecule has 0 saturated carbocycles. The van der Waals surface area contributed by atoms with Crippen LogP contribution in [-0.4, -0.2) is 49.3 Å². The molecule has 8 heteroatoms. The molecule has 8 nitrogen and oxygen atoms in total. The second-order valence-corrected chi connectivity index (χ2v) is 4.40. The Morgan fingerprint density at radius 3 is 2.72 bits per heavy atom. The van der Waals surface area contributed by atoms with Gasteiger partial charge in [0.25, 0.3) is 5.56 Å². The topological polar surface area (TPSA) is 125 Å². The van der Waals surface area contributed by atoms with Crippen molar-refractivity contribution < 1.29 is 20.1 Å². The summed E-state index contributed by atoms with van der Waals surface area (Å²) in [6.45, 7) is 0.793. The molecule has 0 aromatic carbocycles. The molecule has 2 heterocycles. The highest BCUT2D eigenvalue weighted by molar-refractivity contribution is 5.00. The second-order valence-electron chi connectivity index (χ2n) is 4.40. The Bertz CT molecular complexity index is 548. The zero-order chi connectivity index (χ0) is 13.5. The summed E-state index contributed by atoms with van der Waals surface area (Å²) in [6.07, 6.45) is -2.36. The number of aromatic nitrogens is 2. The molecule has 1 fully saturated rings. The van der Waals surface area contributed by atoms with E-state index >= 15 is 0 Å². The average molecular weight is 258 g/mol. The highest BCUT2D eigenvalue weighted by atomic mass is 16.6. The Kier molecular flexibility index (Phi) is 3.11. The van der Waals surface area contributed by atoms with Gasteiger partial charge < -0.3 is 20.1 Å². The molecule has 4 N–H and O–H groups in total. The Morgan fingerprint density at radius 2 is 2.22 bits per heavy atom. The third-order valence-corrected chi connectivity index (χ3v) is 3.04. The van der Waals surface area contributed by atoms with E-state index in [9.17, 15) is 19.8 Å². The number of aromatic amines is 1. The van der Waals surface area contributed by atoms with Crippen molar-refractivity contribution >= 4 is 0 Å². The van der Waals surface area contributed by atoms with Crippen molar-refractivity contribution in [2.45, 2.75) is 31.0 Å². The van der Waals surface area contributed by atoms with Crippen LogP contribution in [0.15, 0.2) is 21.9 Å². The first-order chi connectivity index (χ1) is 8.37. The highest BCUT2D eigenvalue weighted by Gasteiger charge is 2.53. The number of nitrogens with zero attached hydrogens (tertiary/aromatic N) is 1. The molecule has 1 aliphatic heterocycles. The van der Waals surface area contributed by atoms with Crippen LogP contribution in [0.2, 0.25) is 0 Å². The predicted molar refractivity (Wildman–Crippen MR) is 58.9 cm³/mol. The molecular formula is C10H14N2O6. The van der Waals surface area contributed by atoms with Gasteiger partial charge in [0.2, 0.25) is 0 Å². The van der Waals surface area contributed by atoms with Crippen LogP contribution in [0.25, 0.3) is 0 Å². The van der Waals surface area contributed by atoms with Gasteiger partial charge >= 0.3 is 5.69 Å². The number of hydrogen-bond donors (Lipinski definition) is 4. The number of hydrogen-bond acceptors (Lipinski definition) is 6. The van der Waals surface area contributed by atoms with Crippen LogP contribution >= 0.6 is 0 Å². The normalized spacial score (nSPS) is 35.9. The molecule has 18 heavy (non-hydrogen) atoms. The van der Waals surface area contributed by atoms with Crippen LogP contribution in [0.3, 0.4) is 0 Å². The molecule has 0 aliphatic carbocycles. The van der Waals surface area contributed by atoms with Gasteiger partial charge in [-0.05, 0) is 6.92 Å². The quantitative estimate of drug-likeness (QED) is 0.466. The molecule has 0 bridgehead atoms. The van der Waals surface area contributed by atoms with Crippen LogP contribution in [0.1, 0.15) is 13.2 Å². The molecule has 0 amide bonds. The summed E-state index contributed by atoms with van der Waals surface area (Å²) in [4.78, 5) is 24.5. The lowest BCUT2D eigenvalue weighted by atomic mass is 9.96. The average Bonchev–Trinajstić information content (AvgIpc) is 2.52. The molecule has 4 atom stereocenters. The molecule has 1 aromatic rings. The number of H-pyrrole nitrogens is 1. The van der Waals surface area contributed by atoms with Gasteiger partial charge in [-0.2, -0.15) is 0 Å². The van der Waals surface area contributed by atoms with Crippen LogP contribution < -0.4 is 11.2 Å². The van der Waals surface area contributed by atoms with E-state index in [0.717, 1.165) is 16.8 Å². The Hall–Kier alpha value is -1.48. The molecule has 0 unspecified atom stereocenters. The Morgan fingerprint density at radius 1 is 1.56 bits per heavy atom. The van der Waals surface area contributed by atoms with E-state index in [-0.39, 0.29) is 0 Å². The first-order valence-electron chi connectivity index (χ1n) is 5.36. The van der Waals surface area contributed by atoms with Crippen LogP contribution in [0, 0.1) is 0 Å². The summed E-state index contributed by atoms with van der Waals surface area (Å²) in [5.41, 5.74) is -3.10. The van der Waals surface area contributed by atoms with Crippen molar-refractivity contribution in [1.82, 2.24) is 9.55 Å². The second kappa shape index (κ2) is 4.32. The summed E-state index contributed by atoms with van der Waals surface area (Å²) < 4.78 is 6.19. The number of rotatable bonds is 2. The van der Waals surface area contributed by atoms with Crippen molar-refractivity contribution in [3.05, 3.63) is 33.1 Å². The molecule has 0 radical (unpaired) electrons. The van der Waals surface area contributed by atoms with Crippen molar-refractivity contribution in [2.24, 2.45) is 0 Å². The van der Waals surface area contributed by atoms with E-state index in [1.54, 1.807) is 0 Å². The fourth-order valence-corrected chi connectivity index (χ4v) is 2.00. The number of ether oxygens (including phenoxy) is 1. The van der Waals surface area contributed by atoms with Gasteiger partial charge in [-0.25, -0.2) is 4.79 Å². The standard InChI is InChI=1S/C10H14N2O6/c1-10(17)7(15)5(4-13)18-8(10)12-3-2-6(14)11-9(12)16/h2-3,5,7-8,13,15,17H,4H2,1H3,(H,11,14,16)/t5-,7-,8+,10-/m1/s1. The van der Waals surface area contributed by atoms with Crippen molar-refractivity contribution in [1.29, 1.82) is 0 Å². The lowest BCUT2D eigenvalue weighted by molar-refractivity contribution is -0.0987. The predicted octanol–water partition coefficient (Wildman–Crippen LogP) is -2.46. The molecule has 2 rings (SSSR count). The number of nitrogens with one attached hydrogen (secondary N) is 1. The van der Waals surface area contributed by atoms with Crippen molar-refractivity contribution in [3.8, 4) is 0 Å². The number of aliphatic hydroxyl groups excluding tert-OH is 2. The molecule has 1 saturated heterocycles.